The van der Waals surface area contributed by atoms with Crippen molar-refractivity contribution in [3.8, 4) is 12.3 Å². The molecular formula is C7H5O. The van der Waals surface area contributed by atoms with Gasteiger partial charge in [-0.3, -0.25) is 0 Å². The molecule has 1 aromatic rings. The lowest BCUT2D eigenvalue weighted by Crippen LogP contribution is -1.66. The highest BCUT2D eigenvalue weighted by Crippen LogP contribution is 2.00. The highest BCUT2D eigenvalue weighted by molar-refractivity contribution is 5.26. The Labute approximate surface area is 48.3 Å². The van der Waals surface area contributed by atoms with Gasteiger partial charge in [-0.05, 0) is 6.07 Å². The lowest BCUT2D eigenvalue weighted by atomic mass is 10.3. The first-order chi connectivity index (χ1) is 3.93. The summed E-state index contributed by atoms with van der Waals surface area (Å²) in [7, 11) is 0. The van der Waals surface area contributed by atoms with Gasteiger partial charge in [-0.25, -0.2) is 0 Å². The summed E-state index contributed by atoms with van der Waals surface area (Å²) in [6, 6.07) is 1.81. The molecule has 1 heterocycles. The van der Waals surface area contributed by atoms with Crippen molar-refractivity contribution in [1.29, 1.82) is 0 Å². The maximum atomic E-state index is 4.97. The molecule has 0 atom stereocenters. The molecule has 1 radical (unpaired) electrons. The molecule has 0 aliphatic rings. The molecule has 0 spiro atoms. The standard InChI is InChI=1S/C7H5O/c1-2-3-7-4-5-8-6-7/h1,3-6H. The van der Waals surface area contributed by atoms with Gasteiger partial charge in [0.25, 0.3) is 0 Å². The summed E-state index contributed by atoms with van der Waals surface area (Å²) in [4.78, 5) is 0. The number of rotatable bonds is 1. The normalized spacial score (nSPS) is 8.38. The summed E-state index contributed by atoms with van der Waals surface area (Å²) in [5.74, 6) is 2.39. The lowest BCUT2D eigenvalue weighted by molar-refractivity contribution is 0.566. The van der Waals surface area contributed by atoms with Crippen molar-refractivity contribution in [2.75, 3.05) is 0 Å². The van der Waals surface area contributed by atoms with E-state index in [1.807, 2.05) is 0 Å². The SMILES string of the molecule is C#C[CH]c1ccoc1. The number of hydrogen-bond acceptors (Lipinski definition) is 1. The van der Waals surface area contributed by atoms with Crippen LogP contribution in [-0.4, -0.2) is 0 Å². The monoisotopic (exact) mass is 105 g/mol. The van der Waals surface area contributed by atoms with Crippen LogP contribution in [0.4, 0.5) is 0 Å². The minimum absolute atomic E-state index is 0.938. The quantitative estimate of drug-likeness (QED) is 0.493. The van der Waals surface area contributed by atoms with E-state index in [0.717, 1.165) is 5.56 Å². The van der Waals surface area contributed by atoms with Crippen LogP contribution < -0.4 is 0 Å². The van der Waals surface area contributed by atoms with Crippen molar-refractivity contribution in [1.82, 2.24) is 0 Å². The molecule has 1 rings (SSSR count). The molecule has 0 unspecified atom stereocenters. The van der Waals surface area contributed by atoms with E-state index in [1.54, 1.807) is 25.0 Å². The molecule has 0 fully saturated rings. The summed E-state index contributed by atoms with van der Waals surface area (Å²) >= 11 is 0. The van der Waals surface area contributed by atoms with E-state index in [1.165, 1.54) is 0 Å². The minimum Gasteiger partial charge on any atom is -0.472 e. The summed E-state index contributed by atoms with van der Waals surface area (Å²) in [5, 5.41) is 0. The fourth-order valence-corrected chi connectivity index (χ4v) is 0.453. The fourth-order valence-electron chi connectivity index (χ4n) is 0.453. The van der Waals surface area contributed by atoms with E-state index in [2.05, 4.69) is 5.92 Å². The molecule has 0 bridgehead atoms. The van der Waals surface area contributed by atoms with E-state index in [0.29, 0.717) is 0 Å². The Bertz CT molecular complexity index is 179. The largest absolute Gasteiger partial charge is 0.472 e. The van der Waals surface area contributed by atoms with Gasteiger partial charge < -0.3 is 4.42 Å². The van der Waals surface area contributed by atoms with E-state index in [9.17, 15) is 0 Å². The van der Waals surface area contributed by atoms with Crippen molar-refractivity contribution in [2.45, 2.75) is 0 Å². The molecule has 0 aliphatic carbocycles. The minimum atomic E-state index is 0.938. The van der Waals surface area contributed by atoms with Gasteiger partial charge in [0, 0.05) is 5.56 Å². The number of hydrogen-bond donors (Lipinski definition) is 0. The number of terminal acetylenes is 1. The van der Waals surface area contributed by atoms with E-state index < -0.39 is 0 Å². The zero-order valence-electron chi connectivity index (χ0n) is 4.29. The average Bonchev–Trinajstić information content (AvgIpc) is 2.19. The zero-order valence-corrected chi connectivity index (χ0v) is 4.29. The molecule has 0 aromatic carbocycles. The van der Waals surface area contributed by atoms with Crippen LogP contribution in [0, 0.1) is 18.8 Å². The Kier molecular flexibility index (Phi) is 1.39. The Hall–Kier alpha value is -1.16. The average molecular weight is 105 g/mol. The Morgan fingerprint density at radius 2 is 2.62 bits per heavy atom. The fraction of sp³-hybridized carbons (Fsp3) is 0. The van der Waals surface area contributed by atoms with Crippen molar-refractivity contribution in [3.05, 3.63) is 30.6 Å². The first kappa shape index (κ1) is 4.99. The van der Waals surface area contributed by atoms with Crippen LogP contribution in [0.25, 0.3) is 0 Å². The second kappa shape index (κ2) is 2.23. The van der Waals surface area contributed by atoms with E-state index in [4.69, 9.17) is 10.8 Å². The highest BCUT2D eigenvalue weighted by Gasteiger charge is 1.87. The van der Waals surface area contributed by atoms with Crippen LogP contribution in [0.1, 0.15) is 5.56 Å². The third-order valence-electron chi connectivity index (χ3n) is 0.793. The Balaban J connectivity index is 2.67. The van der Waals surface area contributed by atoms with Crippen LogP contribution in [0.5, 0.6) is 0 Å². The van der Waals surface area contributed by atoms with Crippen molar-refractivity contribution < 1.29 is 4.42 Å². The molecule has 0 saturated heterocycles. The predicted octanol–water partition coefficient (Wildman–Crippen LogP) is 1.47. The van der Waals surface area contributed by atoms with Crippen LogP contribution >= 0.6 is 0 Å². The topological polar surface area (TPSA) is 13.1 Å². The van der Waals surface area contributed by atoms with Crippen LogP contribution in [0.3, 0.4) is 0 Å². The second-order valence-corrected chi connectivity index (χ2v) is 1.37. The second-order valence-electron chi connectivity index (χ2n) is 1.37. The summed E-state index contributed by atoms with van der Waals surface area (Å²) in [6.45, 7) is 0. The summed E-state index contributed by atoms with van der Waals surface area (Å²) in [5.41, 5.74) is 0.938. The molecule has 0 amide bonds. The molecule has 1 nitrogen and oxygen atoms in total. The highest BCUT2D eigenvalue weighted by atomic mass is 16.3. The molecule has 1 aromatic heterocycles. The third kappa shape index (κ3) is 0.913. The van der Waals surface area contributed by atoms with Crippen LogP contribution in [-0.2, 0) is 0 Å². The van der Waals surface area contributed by atoms with Gasteiger partial charge >= 0.3 is 0 Å². The Morgan fingerprint density at radius 3 is 3.12 bits per heavy atom. The van der Waals surface area contributed by atoms with Crippen LogP contribution in [0.2, 0.25) is 0 Å². The number of furan rings is 1. The molecular weight excluding hydrogens is 100 g/mol. The van der Waals surface area contributed by atoms with Crippen molar-refractivity contribution in [3.63, 3.8) is 0 Å². The molecule has 39 valence electrons. The van der Waals surface area contributed by atoms with Gasteiger partial charge in [-0.2, -0.15) is 0 Å². The van der Waals surface area contributed by atoms with Crippen molar-refractivity contribution >= 4 is 0 Å². The Morgan fingerprint density at radius 1 is 1.75 bits per heavy atom. The van der Waals surface area contributed by atoms with Gasteiger partial charge in [0.1, 0.15) is 0 Å². The molecule has 8 heavy (non-hydrogen) atoms. The molecule has 0 N–H and O–H groups in total. The maximum absolute atomic E-state index is 4.97. The molecule has 0 aliphatic heterocycles. The summed E-state index contributed by atoms with van der Waals surface area (Å²) in [6.07, 6.45) is 9.80. The first-order valence-electron chi connectivity index (χ1n) is 2.25. The zero-order chi connectivity index (χ0) is 5.82. The third-order valence-corrected chi connectivity index (χ3v) is 0.793. The van der Waals surface area contributed by atoms with E-state index >= 15 is 0 Å². The van der Waals surface area contributed by atoms with Crippen molar-refractivity contribution in [2.24, 2.45) is 0 Å². The lowest BCUT2D eigenvalue weighted by Gasteiger charge is -1.76. The van der Waals surface area contributed by atoms with Gasteiger partial charge in [0.05, 0.1) is 18.9 Å². The predicted molar refractivity (Wildman–Crippen MR) is 30.9 cm³/mol. The summed E-state index contributed by atoms with van der Waals surface area (Å²) < 4.78 is 4.74. The van der Waals surface area contributed by atoms with Gasteiger partial charge in [0.2, 0.25) is 0 Å². The molecule has 0 saturated carbocycles. The molecule has 1 heteroatoms. The first-order valence-corrected chi connectivity index (χ1v) is 2.25. The van der Waals surface area contributed by atoms with Gasteiger partial charge in [0.15, 0.2) is 0 Å². The van der Waals surface area contributed by atoms with Gasteiger partial charge in [-0.1, -0.05) is 5.92 Å². The van der Waals surface area contributed by atoms with Gasteiger partial charge in [-0.15, -0.1) is 6.42 Å². The smallest absolute Gasteiger partial charge is 0.0947 e. The maximum Gasteiger partial charge on any atom is 0.0947 e. The van der Waals surface area contributed by atoms with E-state index in [-0.39, 0.29) is 0 Å². The van der Waals surface area contributed by atoms with Crippen LogP contribution in [0.15, 0.2) is 23.0 Å².